The van der Waals surface area contributed by atoms with E-state index in [0.717, 1.165) is 31.6 Å². The van der Waals surface area contributed by atoms with E-state index in [9.17, 15) is 0 Å². The van der Waals surface area contributed by atoms with Gasteiger partial charge in [-0.05, 0) is 39.4 Å². The van der Waals surface area contributed by atoms with Crippen LogP contribution in [0.25, 0.3) is 6.08 Å². The first-order valence-electron chi connectivity index (χ1n) is 10.2. The molecule has 4 heterocycles. The fourth-order valence-corrected chi connectivity index (χ4v) is 5.22. The summed E-state index contributed by atoms with van der Waals surface area (Å²) in [5.41, 5.74) is 7.28. The van der Waals surface area contributed by atoms with E-state index >= 15 is 0 Å². The number of aromatic nitrogens is 3. The second-order valence-corrected chi connectivity index (χ2v) is 8.78. The van der Waals surface area contributed by atoms with Crippen LogP contribution in [0.2, 0.25) is 5.15 Å². The van der Waals surface area contributed by atoms with Crippen molar-refractivity contribution in [2.75, 3.05) is 25.0 Å². The van der Waals surface area contributed by atoms with Crippen molar-refractivity contribution < 1.29 is 0 Å². The van der Waals surface area contributed by atoms with Crippen LogP contribution < -0.4 is 4.90 Å². The number of anilines is 1. The average molecular weight is 396 g/mol. The maximum Gasteiger partial charge on any atom is 0.131 e. The Morgan fingerprint density at radius 1 is 1.21 bits per heavy atom. The minimum atomic E-state index is 0.362. The monoisotopic (exact) mass is 395 g/mol. The van der Waals surface area contributed by atoms with E-state index in [4.69, 9.17) is 16.6 Å². The zero-order valence-electron chi connectivity index (χ0n) is 16.5. The van der Waals surface area contributed by atoms with Crippen molar-refractivity contribution in [2.45, 2.75) is 51.1 Å². The molecule has 146 valence electrons. The van der Waals surface area contributed by atoms with Crippen molar-refractivity contribution in [3.05, 3.63) is 51.8 Å². The summed E-state index contributed by atoms with van der Waals surface area (Å²) in [7, 11) is 2.21. The van der Waals surface area contributed by atoms with E-state index in [-0.39, 0.29) is 0 Å². The van der Waals surface area contributed by atoms with Gasteiger partial charge in [0.25, 0.3) is 0 Å². The van der Waals surface area contributed by atoms with Crippen LogP contribution in [0.3, 0.4) is 0 Å². The fraction of sp³-hybridized carbons (Fsp3) is 0.500. The van der Waals surface area contributed by atoms with Crippen LogP contribution in [0.5, 0.6) is 0 Å². The molecule has 1 saturated heterocycles. The van der Waals surface area contributed by atoms with Gasteiger partial charge in [0.2, 0.25) is 0 Å². The number of piperidine rings is 1. The van der Waals surface area contributed by atoms with Crippen LogP contribution in [0.1, 0.15) is 53.9 Å². The van der Waals surface area contributed by atoms with Gasteiger partial charge in [-0.25, -0.2) is 15.0 Å². The summed E-state index contributed by atoms with van der Waals surface area (Å²) in [5, 5.41) is 0.578. The summed E-state index contributed by atoms with van der Waals surface area (Å²) in [6.07, 6.45) is 10.4. The average Bonchev–Trinajstić information content (AvgIpc) is 3.14. The van der Waals surface area contributed by atoms with E-state index in [2.05, 4.69) is 45.9 Å². The molecule has 2 atom stereocenters. The van der Waals surface area contributed by atoms with Gasteiger partial charge in [-0.3, -0.25) is 0 Å². The van der Waals surface area contributed by atoms with Crippen LogP contribution in [0.4, 0.5) is 5.69 Å². The lowest BCUT2D eigenvalue weighted by Crippen LogP contribution is -2.41. The summed E-state index contributed by atoms with van der Waals surface area (Å²) in [4.78, 5) is 18.9. The van der Waals surface area contributed by atoms with E-state index < -0.39 is 0 Å². The summed E-state index contributed by atoms with van der Waals surface area (Å²) >= 11 is 6.37. The molecule has 5 nitrogen and oxygen atoms in total. The highest BCUT2D eigenvalue weighted by molar-refractivity contribution is 6.29. The van der Waals surface area contributed by atoms with Crippen molar-refractivity contribution in [2.24, 2.45) is 0 Å². The number of likely N-dealkylation sites (tertiary alicyclic amines) is 1. The van der Waals surface area contributed by atoms with Gasteiger partial charge in [0, 0.05) is 54.7 Å². The zero-order valence-corrected chi connectivity index (χ0v) is 17.3. The maximum absolute atomic E-state index is 6.37. The first-order valence-corrected chi connectivity index (χ1v) is 10.6. The molecular weight excluding hydrogens is 370 g/mol. The molecular formula is C22H26ClN5. The predicted molar refractivity (Wildman–Crippen MR) is 113 cm³/mol. The van der Waals surface area contributed by atoms with Gasteiger partial charge in [-0.1, -0.05) is 23.8 Å². The van der Waals surface area contributed by atoms with Crippen LogP contribution in [0, 0.1) is 0 Å². The van der Waals surface area contributed by atoms with Crippen LogP contribution in [-0.2, 0) is 19.4 Å². The van der Waals surface area contributed by atoms with E-state index in [1.807, 2.05) is 6.07 Å². The van der Waals surface area contributed by atoms with Gasteiger partial charge in [-0.15, -0.1) is 0 Å². The third-order valence-electron chi connectivity index (χ3n) is 6.42. The highest BCUT2D eigenvalue weighted by Gasteiger charge is 2.32. The molecule has 0 bridgehead atoms. The third-order valence-corrected chi connectivity index (χ3v) is 6.61. The van der Waals surface area contributed by atoms with Crippen molar-refractivity contribution in [1.82, 2.24) is 19.9 Å². The van der Waals surface area contributed by atoms with Gasteiger partial charge in [0.15, 0.2) is 0 Å². The number of allylic oxidation sites excluding steroid dienone is 1. The second kappa shape index (κ2) is 7.12. The SMILES string of the molecule is C[C@@H]1Cc2ncnc(C3CCCN(C)C3)c2CN1c1cc(Cl)nc2c1C=CC2. The molecule has 1 aliphatic carbocycles. The molecule has 1 unspecified atom stereocenters. The molecule has 2 aromatic rings. The molecule has 0 radical (unpaired) electrons. The van der Waals surface area contributed by atoms with Crippen LogP contribution in [-0.4, -0.2) is 46.0 Å². The Morgan fingerprint density at radius 3 is 2.96 bits per heavy atom. The number of hydrogen-bond donors (Lipinski definition) is 0. The van der Waals surface area contributed by atoms with E-state index in [1.165, 1.54) is 47.6 Å². The molecule has 3 aliphatic rings. The number of hydrogen-bond acceptors (Lipinski definition) is 5. The first kappa shape index (κ1) is 18.1. The third kappa shape index (κ3) is 3.11. The Hall–Kier alpha value is -1.98. The fourth-order valence-electron chi connectivity index (χ4n) is 5.02. The predicted octanol–water partition coefficient (Wildman–Crippen LogP) is 3.85. The standard InChI is InChI=1S/C22H26ClN5/c1-14-9-19-17(22(25-13-24-19)15-5-4-8-27(2)11-15)12-28(14)20-10-21(23)26-18-7-3-6-16(18)20/h3,6,10,13-15H,4-5,7-9,11-12H2,1-2H3/t14-,15?/m1/s1. The van der Waals surface area contributed by atoms with Crippen molar-refractivity contribution in [3.8, 4) is 0 Å². The molecule has 2 aliphatic heterocycles. The number of fused-ring (bicyclic) bond motifs is 2. The second-order valence-electron chi connectivity index (χ2n) is 8.40. The molecule has 6 heteroatoms. The Balaban J connectivity index is 1.54. The topological polar surface area (TPSA) is 45.2 Å². The number of rotatable bonds is 2. The lowest BCUT2D eigenvalue weighted by molar-refractivity contribution is 0.247. The van der Waals surface area contributed by atoms with Crippen molar-refractivity contribution in [1.29, 1.82) is 0 Å². The molecule has 0 saturated carbocycles. The van der Waals surface area contributed by atoms with E-state index in [0.29, 0.717) is 17.1 Å². The molecule has 5 rings (SSSR count). The minimum absolute atomic E-state index is 0.362. The van der Waals surface area contributed by atoms with Crippen molar-refractivity contribution in [3.63, 3.8) is 0 Å². The van der Waals surface area contributed by atoms with Crippen LogP contribution >= 0.6 is 11.6 Å². The van der Waals surface area contributed by atoms with Gasteiger partial charge >= 0.3 is 0 Å². The summed E-state index contributed by atoms with van der Waals surface area (Å²) in [6.45, 7) is 5.38. The Labute approximate surface area is 171 Å². The Bertz CT molecular complexity index is 941. The highest BCUT2D eigenvalue weighted by atomic mass is 35.5. The molecule has 0 amide bonds. The Morgan fingerprint density at radius 2 is 2.11 bits per heavy atom. The number of halogens is 1. The molecule has 28 heavy (non-hydrogen) atoms. The smallest absolute Gasteiger partial charge is 0.131 e. The molecule has 1 fully saturated rings. The normalized spacial score (nSPS) is 24.3. The van der Waals surface area contributed by atoms with Crippen LogP contribution in [0.15, 0.2) is 18.5 Å². The quantitative estimate of drug-likeness (QED) is 0.722. The highest BCUT2D eigenvalue weighted by Crippen LogP contribution is 2.38. The van der Waals surface area contributed by atoms with Gasteiger partial charge < -0.3 is 9.80 Å². The molecule has 0 aromatic carbocycles. The largest absolute Gasteiger partial charge is 0.363 e. The van der Waals surface area contributed by atoms with Gasteiger partial charge in [-0.2, -0.15) is 0 Å². The Kier molecular flexibility index (Phi) is 4.60. The molecule has 2 aromatic heterocycles. The zero-order chi connectivity index (χ0) is 19.3. The minimum Gasteiger partial charge on any atom is -0.363 e. The lowest BCUT2D eigenvalue weighted by Gasteiger charge is -2.39. The lowest BCUT2D eigenvalue weighted by atomic mass is 9.88. The maximum atomic E-state index is 6.37. The van der Waals surface area contributed by atoms with E-state index in [1.54, 1.807) is 6.33 Å². The van der Waals surface area contributed by atoms with Gasteiger partial charge in [0.05, 0.1) is 17.1 Å². The summed E-state index contributed by atoms with van der Waals surface area (Å²) < 4.78 is 0. The molecule has 0 N–H and O–H groups in total. The number of pyridine rings is 1. The van der Waals surface area contributed by atoms with Gasteiger partial charge in [0.1, 0.15) is 11.5 Å². The number of nitrogens with zero attached hydrogens (tertiary/aromatic N) is 5. The first-order chi connectivity index (χ1) is 13.6. The van der Waals surface area contributed by atoms with Crippen molar-refractivity contribution >= 4 is 23.4 Å². The molecule has 0 spiro atoms. The summed E-state index contributed by atoms with van der Waals surface area (Å²) in [6, 6.07) is 2.39. The summed E-state index contributed by atoms with van der Waals surface area (Å²) in [5.74, 6) is 0.498. The number of likely N-dealkylation sites (N-methyl/N-ethyl adjacent to an activating group) is 1.